The molecule has 1 aromatic rings. The molecule has 4 heteroatoms. The molecular formula is C15H22BrNO2. The molecule has 2 atom stereocenters. The molecule has 19 heavy (non-hydrogen) atoms. The van der Waals surface area contributed by atoms with Gasteiger partial charge in [-0.1, -0.05) is 29.8 Å². The van der Waals surface area contributed by atoms with Crippen LogP contribution in [0.1, 0.15) is 38.2 Å². The Morgan fingerprint density at radius 3 is 2.74 bits per heavy atom. The largest absolute Gasteiger partial charge is 0.491 e. The first-order chi connectivity index (χ1) is 9.10. The molecule has 1 heterocycles. The highest BCUT2D eigenvalue weighted by Gasteiger charge is 2.24. The summed E-state index contributed by atoms with van der Waals surface area (Å²) in [5.74, 6) is 1.40. The number of hydrogen-bond acceptors (Lipinski definition) is 3. The summed E-state index contributed by atoms with van der Waals surface area (Å²) in [6.45, 7) is 5.56. The van der Waals surface area contributed by atoms with E-state index in [4.69, 9.17) is 15.2 Å². The summed E-state index contributed by atoms with van der Waals surface area (Å²) in [5, 5.41) is 0. The predicted octanol–water partition coefficient (Wildman–Crippen LogP) is 3.46. The van der Waals surface area contributed by atoms with Crippen LogP contribution in [0.3, 0.4) is 0 Å². The Morgan fingerprint density at radius 2 is 2.11 bits per heavy atom. The molecular weight excluding hydrogens is 306 g/mol. The van der Waals surface area contributed by atoms with E-state index < -0.39 is 0 Å². The van der Waals surface area contributed by atoms with Crippen LogP contribution in [-0.4, -0.2) is 25.4 Å². The molecule has 0 spiro atoms. The third-order valence-electron chi connectivity index (χ3n) is 3.48. The molecule has 0 amide bonds. The molecule has 1 aliphatic rings. The molecule has 0 bridgehead atoms. The summed E-state index contributed by atoms with van der Waals surface area (Å²) in [7, 11) is 0. The van der Waals surface area contributed by atoms with Crippen molar-refractivity contribution in [2.75, 3.05) is 13.2 Å². The van der Waals surface area contributed by atoms with E-state index in [9.17, 15) is 0 Å². The predicted molar refractivity (Wildman–Crippen MR) is 80.7 cm³/mol. The van der Waals surface area contributed by atoms with Gasteiger partial charge < -0.3 is 15.2 Å². The van der Waals surface area contributed by atoms with E-state index in [1.807, 2.05) is 12.1 Å². The lowest BCUT2D eigenvalue weighted by Gasteiger charge is -2.17. The highest BCUT2D eigenvalue weighted by atomic mass is 79.9. The van der Waals surface area contributed by atoms with Crippen LogP contribution < -0.4 is 10.5 Å². The maximum atomic E-state index is 5.94. The monoisotopic (exact) mass is 327 g/mol. The van der Waals surface area contributed by atoms with Gasteiger partial charge in [-0.15, -0.1) is 0 Å². The maximum absolute atomic E-state index is 5.94. The van der Waals surface area contributed by atoms with Crippen LogP contribution >= 0.6 is 15.9 Å². The zero-order valence-corrected chi connectivity index (χ0v) is 13.2. The Kier molecular flexibility index (Phi) is 5.25. The molecule has 2 unspecified atom stereocenters. The Hall–Kier alpha value is -0.580. The van der Waals surface area contributed by atoms with Crippen molar-refractivity contribution in [3.63, 3.8) is 0 Å². The highest BCUT2D eigenvalue weighted by Crippen LogP contribution is 2.30. The van der Waals surface area contributed by atoms with E-state index in [1.165, 1.54) is 5.56 Å². The Balaban J connectivity index is 1.96. The summed E-state index contributed by atoms with van der Waals surface area (Å²) in [6.07, 6.45) is 2.47. The number of rotatable bonds is 5. The number of ether oxygens (including phenoxy) is 2. The minimum Gasteiger partial charge on any atom is -0.491 e. The zero-order valence-electron chi connectivity index (χ0n) is 11.6. The minimum atomic E-state index is 0.178. The summed E-state index contributed by atoms with van der Waals surface area (Å²) in [5.41, 5.74) is 6.84. The molecule has 1 fully saturated rings. The lowest BCUT2D eigenvalue weighted by Crippen LogP contribution is -2.23. The fraction of sp³-hybridized carbons (Fsp3) is 0.600. The van der Waals surface area contributed by atoms with E-state index in [2.05, 4.69) is 35.8 Å². The molecule has 0 aromatic heterocycles. The molecule has 2 rings (SSSR count). The normalized spacial score (nSPS) is 23.0. The average molecular weight is 328 g/mol. The molecule has 1 saturated heterocycles. The van der Waals surface area contributed by atoms with Crippen LogP contribution in [0.4, 0.5) is 0 Å². The molecule has 1 aliphatic heterocycles. The first kappa shape index (κ1) is 14.8. The van der Waals surface area contributed by atoms with E-state index in [-0.39, 0.29) is 12.2 Å². The lowest BCUT2D eigenvalue weighted by atomic mass is 10.0. The Labute approximate surface area is 123 Å². The third kappa shape index (κ3) is 3.94. The van der Waals surface area contributed by atoms with Gasteiger partial charge in [-0.2, -0.15) is 0 Å². The van der Waals surface area contributed by atoms with Gasteiger partial charge in [-0.3, -0.25) is 0 Å². The summed E-state index contributed by atoms with van der Waals surface area (Å²) >= 11 is 3.51. The van der Waals surface area contributed by atoms with Gasteiger partial charge in [-0.05, 0) is 42.5 Å². The van der Waals surface area contributed by atoms with Crippen molar-refractivity contribution in [1.82, 2.24) is 0 Å². The second-order valence-electron chi connectivity index (χ2n) is 5.34. The quantitative estimate of drug-likeness (QED) is 0.900. The molecule has 2 N–H and O–H groups in total. The van der Waals surface area contributed by atoms with Crippen molar-refractivity contribution >= 4 is 15.9 Å². The van der Waals surface area contributed by atoms with Gasteiger partial charge in [0.15, 0.2) is 0 Å². The van der Waals surface area contributed by atoms with Crippen molar-refractivity contribution in [3.05, 3.63) is 28.2 Å². The SMILES string of the molecule is CC(C)c1cc(Br)ccc1OCC1CCC(CN)O1. The third-order valence-corrected chi connectivity index (χ3v) is 3.97. The average Bonchev–Trinajstić information content (AvgIpc) is 2.85. The highest BCUT2D eigenvalue weighted by molar-refractivity contribution is 9.10. The molecule has 3 nitrogen and oxygen atoms in total. The molecule has 0 radical (unpaired) electrons. The van der Waals surface area contributed by atoms with Gasteiger partial charge in [0.2, 0.25) is 0 Å². The molecule has 1 aromatic carbocycles. The van der Waals surface area contributed by atoms with Crippen molar-refractivity contribution < 1.29 is 9.47 Å². The van der Waals surface area contributed by atoms with Crippen LogP contribution in [0.15, 0.2) is 22.7 Å². The van der Waals surface area contributed by atoms with Gasteiger partial charge in [-0.25, -0.2) is 0 Å². The van der Waals surface area contributed by atoms with Gasteiger partial charge in [0.05, 0.1) is 12.2 Å². The summed E-state index contributed by atoms with van der Waals surface area (Å²) < 4.78 is 12.8. The van der Waals surface area contributed by atoms with Crippen molar-refractivity contribution in [1.29, 1.82) is 0 Å². The number of hydrogen-bond donors (Lipinski definition) is 1. The topological polar surface area (TPSA) is 44.5 Å². The lowest BCUT2D eigenvalue weighted by molar-refractivity contribution is 0.0219. The number of nitrogens with two attached hydrogens (primary N) is 1. The summed E-state index contributed by atoms with van der Waals surface area (Å²) in [4.78, 5) is 0. The number of halogens is 1. The fourth-order valence-corrected chi connectivity index (χ4v) is 2.74. The molecule has 0 aliphatic carbocycles. The second kappa shape index (κ2) is 6.73. The van der Waals surface area contributed by atoms with Crippen molar-refractivity contribution in [3.8, 4) is 5.75 Å². The second-order valence-corrected chi connectivity index (χ2v) is 6.26. The van der Waals surface area contributed by atoms with E-state index >= 15 is 0 Å². The van der Waals surface area contributed by atoms with Gasteiger partial charge in [0, 0.05) is 11.0 Å². The van der Waals surface area contributed by atoms with Crippen LogP contribution in [0.2, 0.25) is 0 Å². The first-order valence-electron chi connectivity index (χ1n) is 6.88. The zero-order chi connectivity index (χ0) is 13.8. The smallest absolute Gasteiger partial charge is 0.122 e. The molecule has 106 valence electrons. The van der Waals surface area contributed by atoms with E-state index in [0.717, 1.165) is 23.1 Å². The van der Waals surface area contributed by atoms with Crippen molar-refractivity contribution in [2.45, 2.75) is 44.8 Å². The first-order valence-corrected chi connectivity index (χ1v) is 7.67. The minimum absolute atomic E-state index is 0.178. The van der Waals surface area contributed by atoms with E-state index in [0.29, 0.717) is 19.1 Å². The van der Waals surface area contributed by atoms with Gasteiger partial charge in [0.1, 0.15) is 12.4 Å². The number of benzene rings is 1. The Bertz CT molecular complexity index is 423. The van der Waals surface area contributed by atoms with Crippen LogP contribution in [0, 0.1) is 0 Å². The Morgan fingerprint density at radius 1 is 1.37 bits per heavy atom. The maximum Gasteiger partial charge on any atom is 0.122 e. The standard InChI is InChI=1S/C15H22BrNO2/c1-10(2)14-7-11(16)3-6-15(14)18-9-13-5-4-12(8-17)19-13/h3,6-7,10,12-13H,4-5,8-9,17H2,1-2H3. The van der Waals surface area contributed by atoms with E-state index in [1.54, 1.807) is 0 Å². The van der Waals surface area contributed by atoms with Crippen LogP contribution in [0.25, 0.3) is 0 Å². The van der Waals surface area contributed by atoms with Gasteiger partial charge >= 0.3 is 0 Å². The summed E-state index contributed by atoms with van der Waals surface area (Å²) in [6, 6.07) is 6.16. The fourth-order valence-electron chi connectivity index (χ4n) is 2.36. The van der Waals surface area contributed by atoms with Gasteiger partial charge in [0.25, 0.3) is 0 Å². The van der Waals surface area contributed by atoms with Crippen LogP contribution in [0.5, 0.6) is 5.75 Å². The molecule has 0 saturated carbocycles. The van der Waals surface area contributed by atoms with Crippen LogP contribution in [-0.2, 0) is 4.74 Å². The van der Waals surface area contributed by atoms with Crippen molar-refractivity contribution in [2.24, 2.45) is 5.73 Å².